The highest BCUT2D eigenvalue weighted by Crippen LogP contribution is 2.14. The lowest BCUT2D eigenvalue weighted by molar-refractivity contribution is -0.139. The van der Waals surface area contributed by atoms with Gasteiger partial charge in [-0.25, -0.2) is 4.79 Å². The van der Waals surface area contributed by atoms with Gasteiger partial charge in [0.2, 0.25) is 0 Å². The first-order valence-electron chi connectivity index (χ1n) is 9.84. The van der Waals surface area contributed by atoms with Crippen LogP contribution in [0.25, 0.3) is 0 Å². The molecular weight excluding hydrogens is 439 g/mol. The van der Waals surface area contributed by atoms with Crippen LogP contribution in [0.15, 0.2) is 46.9 Å². The van der Waals surface area contributed by atoms with Crippen molar-refractivity contribution in [1.82, 2.24) is 5.32 Å². The van der Waals surface area contributed by atoms with Gasteiger partial charge >= 0.3 is 19.1 Å². The number of hydrogen-bond donors (Lipinski definition) is 4. The minimum absolute atomic E-state index is 0.0213. The number of rotatable bonds is 10. The normalized spacial score (nSPS) is 19.4. The number of nitrogens with one attached hydrogen (secondary N) is 1. The Morgan fingerprint density at radius 1 is 1.22 bits per heavy atom. The van der Waals surface area contributed by atoms with Gasteiger partial charge in [-0.15, -0.1) is 11.3 Å². The quantitative estimate of drug-likeness (QED) is 0.233. The third-order valence-corrected chi connectivity index (χ3v) is 5.58. The third kappa shape index (κ3) is 6.87. The molecule has 2 atom stereocenters. The molecule has 3 rings (SSSR count). The molecule has 1 aromatic heterocycles. The Kier molecular flexibility index (Phi) is 8.76. The second-order valence-corrected chi connectivity index (χ2v) is 7.97. The average molecular weight is 462 g/mol. The van der Waals surface area contributed by atoms with Gasteiger partial charge in [0.15, 0.2) is 0 Å². The Balaban J connectivity index is 1.63. The molecule has 1 fully saturated rings. The monoisotopic (exact) mass is 462 g/mol. The number of carbonyl (C=O) groups is 2. The largest absolute Gasteiger partial charge is 0.481 e. The van der Waals surface area contributed by atoms with Crippen LogP contribution >= 0.6 is 11.3 Å². The topological polar surface area (TPSA) is 147 Å². The Bertz CT molecular complexity index is 939. The minimum Gasteiger partial charge on any atom is -0.481 e. The van der Waals surface area contributed by atoms with Gasteiger partial charge in [0.05, 0.1) is 42.1 Å². The summed E-state index contributed by atoms with van der Waals surface area (Å²) in [4.78, 5) is 28.5. The highest BCUT2D eigenvalue weighted by molar-refractivity contribution is 7.12. The molecule has 2 aromatic rings. The Morgan fingerprint density at radius 3 is 2.75 bits per heavy atom. The molecule has 1 aliphatic heterocycles. The molecule has 32 heavy (non-hydrogen) atoms. The molecule has 1 aromatic carbocycles. The third-order valence-electron chi connectivity index (χ3n) is 4.66. The molecule has 10 nitrogen and oxygen atoms in total. The fourth-order valence-electron chi connectivity index (χ4n) is 3.07. The lowest BCUT2D eigenvalue weighted by Crippen LogP contribution is -2.49. The summed E-state index contributed by atoms with van der Waals surface area (Å²) < 4.78 is 10.8. The number of carboxylic acids is 2. The number of aliphatic carboxylic acids is 1. The molecule has 0 spiro atoms. The predicted molar refractivity (Wildman–Crippen MR) is 117 cm³/mol. The Labute approximate surface area is 188 Å². The first-order chi connectivity index (χ1) is 15.4. The summed E-state index contributed by atoms with van der Waals surface area (Å²) in [5.41, 5.74) is 1.18. The van der Waals surface area contributed by atoms with Crippen molar-refractivity contribution in [2.24, 2.45) is 5.16 Å². The van der Waals surface area contributed by atoms with Gasteiger partial charge in [-0.05, 0) is 17.5 Å². The summed E-state index contributed by atoms with van der Waals surface area (Å²) in [6.45, 7) is 0.382. The molecular formula is C20H23BN2O8S. The molecule has 12 heteroatoms. The molecule has 1 aliphatic rings. The van der Waals surface area contributed by atoms with Gasteiger partial charge in [0.1, 0.15) is 12.3 Å². The lowest BCUT2D eigenvalue weighted by Gasteiger charge is -2.19. The number of hydrogen-bond acceptors (Lipinski definition) is 9. The highest BCUT2D eigenvalue weighted by Gasteiger charge is 2.34. The van der Waals surface area contributed by atoms with Crippen LogP contribution in [0.1, 0.15) is 27.2 Å². The molecule has 0 aliphatic carbocycles. The van der Waals surface area contributed by atoms with Crippen molar-refractivity contribution >= 4 is 36.1 Å². The number of benzene rings is 1. The van der Waals surface area contributed by atoms with E-state index in [-0.39, 0.29) is 38.3 Å². The van der Waals surface area contributed by atoms with Crippen molar-refractivity contribution in [1.29, 1.82) is 0 Å². The van der Waals surface area contributed by atoms with Crippen molar-refractivity contribution in [3.05, 3.63) is 57.8 Å². The Morgan fingerprint density at radius 2 is 2.03 bits per heavy atom. The molecule has 4 N–H and O–H groups in total. The summed E-state index contributed by atoms with van der Waals surface area (Å²) in [6, 6.07) is 10.2. The van der Waals surface area contributed by atoms with Crippen LogP contribution < -0.4 is 5.32 Å². The molecule has 2 heterocycles. The van der Waals surface area contributed by atoms with Crippen LogP contribution in [0.5, 0.6) is 0 Å². The van der Waals surface area contributed by atoms with Crippen molar-refractivity contribution in [3.63, 3.8) is 0 Å². The van der Waals surface area contributed by atoms with Crippen LogP contribution in [-0.2, 0) is 25.6 Å². The standard InChI is InChI=1S/C20H23BN2O8S/c24-19(25)8-14-11-29-12-18(21(28)31-14)22-9-16(17-6-3-7-32-17)23-30-10-13-4-1-2-5-15(13)20(26)27/h1-7,14,18,22,28H,8-12H2,(H,24,25)(H,26,27). The van der Waals surface area contributed by atoms with E-state index in [0.29, 0.717) is 11.3 Å². The fraction of sp³-hybridized carbons (Fsp3) is 0.350. The maximum absolute atomic E-state index is 11.3. The van der Waals surface area contributed by atoms with Crippen molar-refractivity contribution in [3.8, 4) is 0 Å². The SMILES string of the molecule is O=C(O)CC1COCC(NCC(=NOCc2ccccc2C(=O)O)c2cccs2)B(O)O1. The zero-order chi connectivity index (χ0) is 22.9. The highest BCUT2D eigenvalue weighted by atomic mass is 32.1. The van der Waals surface area contributed by atoms with Crippen molar-refractivity contribution in [2.45, 2.75) is 25.1 Å². The van der Waals surface area contributed by atoms with Crippen molar-refractivity contribution in [2.75, 3.05) is 19.8 Å². The second-order valence-electron chi connectivity index (χ2n) is 7.02. The van der Waals surface area contributed by atoms with Gasteiger partial charge in [-0.1, -0.05) is 29.4 Å². The summed E-state index contributed by atoms with van der Waals surface area (Å²) >= 11 is 1.45. The summed E-state index contributed by atoms with van der Waals surface area (Å²) in [7, 11) is -1.25. The molecule has 0 radical (unpaired) electrons. The lowest BCUT2D eigenvalue weighted by atomic mass is 9.79. The predicted octanol–water partition coefficient (Wildman–Crippen LogP) is 1.24. The summed E-state index contributed by atoms with van der Waals surface area (Å²) in [5.74, 6) is -2.69. The molecule has 170 valence electrons. The van der Waals surface area contributed by atoms with E-state index in [9.17, 15) is 19.7 Å². The van der Waals surface area contributed by atoms with E-state index in [2.05, 4.69) is 10.5 Å². The van der Waals surface area contributed by atoms with Gasteiger partial charge in [0, 0.05) is 12.1 Å². The second kappa shape index (κ2) is 11.7. The summed E-state index contributed by atoms with van der Waals surface area (Å²) in [6.07, 6.45) is -1.01. The van der Waals surface area contributed by atoms with Crippen molar-refractivity contribution < 1.29 is 39.1 Å². The van der Waals surface area contributed by atoms with Gasteiger partial charge in [0.25, 0.3) is 0 Å². The van der Waals surface area contributed by atoms with E-state index in [1.807, 2.05) is 17.5 Å². The number of carboxylic acid groups (broad SMARTS) is 2. The van der Waals surface area contributed by atoms with Gasteiger partial charge in [-0.2, -0.15) is 0 Å². The minimum atomic E-state index is -1.25. The molecule has 0 saturated carbocycles. The maximum atomic E-state index is 11.3. The maximum Gasteiger partial charge on any atom is 0.475 e. The van der Waals surface area contributed by atoms with Crippen LogP contribution in [-0.4, -0.2) is 71.8 Å². The number of nitrogens with zero attached hydrogens (tertiary/aromatic N) is 1. The van der Waals surface area contributed by atoms with E-state index >= 15 is 0 Å². The first-order valence-corrected chi connectivity index (χ1v) is 10.7. The first kappa shape index (κ1) is 23.9. The zero-order valence-corrected chi connectivity index (χ0v) is 17.9. The smallest absolute Gasteiger partial charge is 0.475 e. The molecule has 1 saturated heterocycles. The summed E-state index contributed by atoms with van der Waals surface area (Å²) in [5, 5.41) is 37.7. The molecule has 2 unspecified atom stereocenters. The zero-order valence-electron chi connectivity index (χ0n) is 17.0. The Hall–Kier alpha value is -2.77. The van der Waals surface area contributed by atoms with E-state index in [0.717, 1.165) is 4.88 Å². The number of ether oxygens (including phenoxy) is 1. The van der Waals surface area contributed by atoms with Gasteiger partial charge in [-0.3, -0.25) is 4.79 Å². The number of aromatic carboxylic acids is 1. The van der Waals surface area contributed by atoms with Crippen LogP contribution in [0.2, 0.25) is 0 Å². The number of oxime groups is 1. The van der Waals surface area contributed by atoms with Crippen LogP contribution in [0, 0.1) is 0 Å². The van der Waals surface area contributed by atoms with E-state index < -0.39 is 31.1 Å². The molecule has 0 bridgehead atoms. The molecule has 0 amide bonds. The average Bonchev–Trinajstić information content (AvgIpc) is 3.23. The van der Waals surface area contributed by atoms with E-state index in [1.54, 1.807) is 18.2 Å². The fourth-order valence-corrected chi connectivity index (χ4v) is 3.78. The number of thiophene rings is 1. The van der Waals surface area contributed by atoms with E-state index in [4.69, 9.17) is 19.3 Å². The van der Waals surface area contributed by atoms with Gasteiger partial charge < -0.3 is 34.8 Å². The van der Waals surface area contributed by atoms with Crippen LogP contribution in [0.4, 0.5) is 0 Å². The van der Waals surface area contributed by atoms with Crippen LogP contribution in [0.3, 0.4) is 0 Å². The van der Waals surface area contributed by atoms with E-state index in [1.165, 1.54) is 17.4 Å².